The van der Waals surface area contributed by atoms with Gasteiger partial charge in [0.2, 0.25) is 5.91 Å². The molecule has 1 amide bonds. The molecule has 1 aliphatic heterocycles. The van der Waals surface area contributed by atoms with Gasteiger partial charge in [-0.15, -0.1) is 0 Å². The van der Waals surface area contributed by atoms with Crippen LogP contribution in [0, 0.1) is 0 Å². The van der Waals surface area contributed by atoms with E-state index in [1.54, 1.807) is 0 Å². The molecule has 2 aromatic rings. The molecule has 28 heavy (non-hydrogen) atoms. The first-order chi connectivity index (χ1) is 13.3. The predicted octanol–water partition coefficient (Wildman–Crippen LogP) is 4.71. The minimum atomic E-state index is -4.55. The van der Waals surface area contributed by atoms with Crippen molar-refractivity contribution in [3.05, 3.63) is 82.6 Å². The van der Waals surface area contributed by atoms with Crippen LogP contribution in [0.4, 0.5) is 13.2 Å². The summed E-state index contributed by atoms with van der Waals surface area (Å²) < 4.78 is 40.5. The zero-order chi connectivity index (χ0) is 19.9. The van der Waals surface area contributed by atoms with Crippen LogP contribution in [0.5, 0.6) is 0 Å². The number of rotatable bonds is 2. The first-order valence-electron chi connectivity index (χ1n) is 9.11. The molecule has 6 heteroatoms. The summed E-state index contributed by atoms with van der Waals surface area (Å²) in [5, 5.41) is 2.75. The number of carbonyl (C=O) groups excluding carboxylic acids is 2. The maximum atomic E-state index is 13.5. The van der Waals surface area contributed by atoms with Crippen molar-refractivity contribution in [2.45, 2.75) is 37.3 Å². The highest BCUT2D eigenvalue weighted by atomic mass is 19.4. The van der Waals surface area contributed by atoms with Gasteiger partial charge in [0, 0.05) is 30.0 Å². The molecule has 3 nitrogen and oxygen atoms in total. The van der Waals surface area contributed by atoms with E-state index in [0.717, 1.165) is 11.6 Å². The van der Waals surface area contributed by atoms with Gasteiger partial charge >= 0.3 is 6.18 Å². The minimum absolute atomic E-state index is 0.0103. The molecular weight excluding hydrogens is 367 g/mol. The number of ketones is 1. The Kier molecular flexibility index (Phi) is 4.57. The zero-order valence-corrected chi connectivity index (χ0v) is 14.9. The molecule has 2 aliphatic rings. The van der Waals surface area contributed by atoms with Crippen LogP contribution in [-0.2, 0) is 15.8 Å². The summed E-state index contributed by atoms with van der Waals surface area (Å²) in [6.07, 6.45) is -4.05. The molecule has 0 bridgehead atoms. The van der Waals surface area contributed by atoms with Crippen molar-refractivity contribution in [3.63, 3.8) is 0 Å². The fourth-order valence-corrected chi connectivity index (χ4v) is 4.25. The zero-order valence-electron chi connectivity index (χ0n) is 14.9. The second-order valence-corrected chi connectivity index (χ2v) is 7.22. The van der Waals surface area contributed by atoms with Crippen molar-refractivity contribution in [2.75, 3.05) is 0 Å². The predicted molar refractivity (Wildman–Crippen MR) is 97.4 cm³/mol. The molecule has 1 N–H and O–H groups in total. The van der Waals surface area contributed by atoms with Crippen molar-refractivity contribution >= 4 is 11.7 Å². The Morgan fingerprint density at radius 2 is 1.54 bits per heavy atom. The summed E-state index contributed by atoms with van der Waals surface area (Å²) in [5.41, 5.74) is 0.963. The molecule has 1 aliphatic carbocycles. The highest BCUT2D eigenvalue weighted by molar-refractivity contribution is 6.02. The smallest absolute Gasteiger partial charge is 0.329 e. The average molecular weight is 385 g/mol. The van der Waals surface area contributed by atoms with E-state index in [1.165, 1.54) is 18.2 Å². The lowest BCUT2D eigenvalue weighted by Crippen LogP contribution is -2.38. The van der Waals surface area contributed by atoms with Crippen molar-refractivity contribution in [2.24, 2.45) is 0 Å². The monoisotopic (exact) mass is 385 g/mol. The van der Waals surface area contributed by atoms with Crippen LogP contribution >= 0.6 is 0 Å². The molecule has 0 spiro atoms. The van der Waals surface area contributed by atoms with Gasteiger partial charge in [-0.05, 0) is 29.5 Å². The van der Waals surface area contributed by atoms with Gasteiger partial charge in [-0.2, -0.15) is 13.2 Å². The molecule has 1 heterocycles. The summed E-state index contributed by atoms with van der Waals surface area (Å²) in [6.45, 7) is 0. The molecule has 144 valence electrons. The number of Topliss-reactive ketones (excluding diaryl/α,β-unsaturated/α-hetero) is 1. The number of halogens is 3. The second kappa shape index (κ2) is 6.93. The summed E-state index contributed by atoms with van der Waals surface area (Å²) in [5.74, 6) is -1.52. The van der Waals surface area contributed by atoms with Crippen molar-refractivity contribution in [3.8, 4) is 0 Å². The van der Waals surface area contributed by atoms with E-state index in [9.17, 15) is 22.8 Å². The summed E-state index contributed by atoms with van der Waals surface area (Å²) in [4.78, 5) is 25.2. The van der Waals surface area contributed by atoms with E-state index in [-0.39, 0.29) is 36.0 Å². The van der Waals surface area contributed by atoms with Crippen LogP contribution < -0.4 is 5.32 Å². The maximum absolute atomic E-state index is 13.5. The van der Waals surface area contributed by atoms with Crippen LogP contribution in [0.15, 0.2) is 65.9 Å². The SMILES string of the molecule is O=C1CC(c2ccccc2C(F)(F)F)C2=C(CC(c3ccccc3)CC2=O)N1. The number of benzene rings is 2. The van der Waals surface area contributed by atoms with Crippen LogP contribution in [0.2, 0.25) is 0 Å². The third-order valence-electron chi connectivity index (χ3n) is 5.45. The first-order valence-corrected chi connectivity index (χ1v) is 9.11. The average Bonchev–Trinajstić information content (AvgIpc) is 2.67. The maximum Gasteiger partial charge on any atom is 0.416 e. The van der Waals surface area contributed by atoms with Crippen LogP contribution in [-0.4, -0.2) is 11.7 Å². The molecule has 2 aromatic carbocycles. The van der Waals surface area contributed by atoms with E-state index >= 15 is 0 Å². The van der Waals surface area contributed by atoms with Gasteiger partial charge < -0.3 is 5.32 Å². The van der Waals surface area contributed by atoms with Gasteiger partial charge in [0.1, 0.15) is 0 Å². The van der Waals surface area contributed by atoms with Gasteiger partial charge in [-0.25, -0.2) is 0 Å². The fourth-order valence-electron chi connectivity index (χ4n) is 4.25. The lowest BCUT2D eigenvalue weighted by Gasteiger charge is -2.35. The van der Waals surface area contributed by atoms with Crippen molar-refractivity contribution in [1.82, 2.24) is 5.32 Å². The third-order valence-corrected chi connectivity index (χ3v) is 5.45. The van der Waals surface area contributed by atoms with Gasteiger partial charge in [0.25, 0.3) is 0 Å². The number of allylic oxidation sites excluding steroid dienone is 2. The Balaban J connectivity index is 1.78. The first kappa shape index (κ1) is 18.5. The molecule has 0 aromatic heterocycles. The number of hydrogen-bond donors (Lipinski definition) is 1. The Morgan fingerprint density at radius 1 is 0.857 bits per heavy atom. The quantitative estimate of drug-likeness (QED) is 0.814. The van der Waals surface area contributed by atoms with Gasteiger partial charge in [-0.1, -0.05) is 48.5 Å². The number of amides is 1. The molecule has 2 atom stereocenters. The van der Waals surface area contributed by atoms with Gasteiger partial charge in [0.05, 0.1) is 5.56 Å². The highest BCUT2D eigenvalue weighted by Crippen LogP contribution is 2.45. The summed E-state index contributed by atoms with van der Waals surface area (Å²) in [6, 6.07) is 14.7. The van der Waals surface area contributed by atoms with Crippen LogP contribution in [0.3, 0.4) is 0 Å². The van der Waals surface area contributed by atoms with E-state index < -0.39 is 17.7 Å². The summed E-state index contributed by atoms with van der Waals surface area (Å²) in [7, 11) is 0. The third kappa shape index (κ3) is 3.35. The second-order valence-electron chi connectivity index (χ2n) is 7.22. The summed E-state index contributed by atoms with van der Waals surface area (Å²) >= 11 is 0. The van der Waals surface area contributed by atoms with Crippen molar-refractivity contribution in [1.29, 1.82) is 0 Å². The lowest BCUT2D eigenvalue weighted by atomic mass is 9.72. The molecule has 4 rings (SSSR count). The van der Waals surface area contributed by atoms with Gasteiger partial charge in [0.15, 0.2) is 5.78 Å². The Labute approximate surface area is 160 Å². The molecule has 0 saturated carbocycles. The molecule has 2 unspecified atom stereocenters. The van der Waals surface area contributed by atoms with E-state index in [2.05, 4.69) is 5.32 Å². The lowest BCUT2D eigenvalue weighted by molar-refractivity contribution is -0.138. The van der Waals surface area contributed by atoms with E-state index in [4.69, 9.17) is 0 Å². The fraction of sp³-hybridized carbons (Fsp3) is 0.273. The topological polar surface area (TPSA) is 46.2 Å². The van der Waals surface area contributed by atoms with Gasteiger partial charge in [-0.3, -0.25) is 9.59 Å². The highest BCUT2D eigenvalue weighted by Gasteiger charge is 2.42. The molecular formula is C22H18F3NO2. The Bertz CT molecular complexity index is 963. The van der Waals surface area contributed by atoms with Crippen LogP contribution in [0.1, 0.15) is 47.8 Å². The van der Waals surface area contributed by atoms with E-state index in [1.807, 2.05) is 30.3 Å². The Hall–Kier alpha value is -2.89. The minimum Gasteiger partial charge on any atom is -0.329 e. The van der Waals surface area contributed by atoms with E-state index in [0.29, 0.717) is 17.7 Å². The number of nitrogens with one attached hydrogen (secondary N) is 1. The van der Waals surface area contributed by atoms with Crippen LogP contribution in [0.25, 0.3) is 0 Å². The number of carbonyl (C=O) groups is 2. The molecule has 0 fully saturated rings. The molecule has 0 saturated heterocycles. The largest absolute Gasteiger partial charge is 0.416 e. The number of alkyl halides is 3. The standard InChI is InChI=1S/C22H18F3NO2/c23-22(24,25)17-9-5-4-8-15(17)16-12-20(28)26-18-10-14(11-19(27)21(16)18)13-6-2-1-3-7-13/h1-9,14,16H,10-12H2,(H,26,28). The Morgan fingerprint density at radius 3 is 2.25 bits per heavy atom. The van der Waals surface area contributed by atoms with Crippen molar-refractivity contribution < 1.29 is 22.8 Å². The number of hydrogen-bond acceptors (Lipinski definition) is 2. The normalized spacial score (nSPS) is 22.7. The molecule has 0 radical (unpaired) electrons.